The van der Waals surface area contributed by atoms with Gasteiger partial charge in [-0.25, -0.2) is 0 Å². The second-order valence-corrected chi connectivity index (χ2v) is 4.07. The van der Waals surface area contributed by atoms with Crippen molar-refractivity contribution in [3.8, 4) is 0 Å². The first-order chi connectivity index (χ1) is 6.49. The monoisotopic (exact) mass is 1110 g/mol. The average Bonchev–Trinajstić information content (AvgIpc) is 2.14. The predicted molar refractivity (Wildman–Crippen MR) is 50.7 cm³/mol. The second kappa shape index (κ2) is 16.1. The summed E-state index contributed by atoms with van der Waals surface area (Å²) in [6.07, 6.45) is -3.53. The molecule has 0 aromatic heterocycles. The normalized spacial score (nSPS) is 34.5. The van der Waals surface area contributed by atoms with E-state index in [1.807, 2.05) is 13.8 Å². The van der Waals surface area contributed by atoms with E-state index in [0.29, 0.717) is 0 Å². The third kappa shape index (κ3) is 9.15. The van der Waals surface area contributed by atoms with Crippen LogP contribution in [0.1, 0.15) is 13.8 Å². The second-order valence-electron chi connectivity index (χ2n) is 4.07. The fraction of sp³-hybridized carbons (Fsp3) is 1.00. The van der Waals surface area contributed by atoms with E-state index in [4.69, 9.17) is 15.6 Å². The molecule has 0 aromatic rings. The van der Waals surface area contributed by atoms with Crippen molar-refractivity contribution in [2.24, 2.45) is 5.92 Å². The molecule has 1 heterocycles. The van der Waals surface area contributed by atoms with Crippen LogP contribution in [-0.2, 0) is 4.74 Å². The van der Waals surface area contributed by atoms with Crippen LogP contribution in [0.25, 0.3) is 5.73 Å². The van der Waals surface area contributed by atoms with Gasteiger partial charge in [0.25, 0.3) is 0 Å². The van der Waals surface area contributed by atoms with Crippen molar-refractivity contribution in [2.75, 3.05) is 6.61 Å². The smallest absolute Gasteiger partial charge is 0.109 e. The molecule has 1 aliphatic heterocycles. The van der Waals surface area contributed by atoms with E-state index in [0.717, 1.165) is 0 Å². The molecule has 9 heteroatoms. The molecule has 0 aliphatic carbocycles. The molecule has 18 heavy (non-hydrogen) atoms. The first kappa shape index (κ1) is 31.3. The summed E-state index contributed by atoms with van der Waals surface area (Å²) in [5, 5.41) is 27.9. The summed E-state index contributed by atoms with van der Waals surface area (Å²) < 4.78 is 5.34. The van der Waals surface area contributed by atoms with Crippen molar-refractivity contribution in [3.05, 3.63) is 5.73 Å². The number of aliphatic hydroxyl groups excluding tert-OH is 3. The summed E-state index contributed by atoms with van der Waals surface area (Å²) in [5.41, 5.74) is 7.64. The summed E-state index contributed by atoms with van der Waals surface area (Å²) in [4.78, 5) is 0. The first-order valence-electron chi connectivity index (χ1n) is 4.82. The zero-order chi connectivity index (χ0) is 10.9. The molecule has 0 amide bonds. The fourth-order valence-electron chi connectivity index (χ4n) is 1.72. The molecule has 1 rings (SSSR count). The maximum absolute atomic E-state index is 9.54. The Balaban J connectivity index is -0.000000245. The van der Waals surface area contributed by atoms with Gasteiger partial charge in [-0.15, -0.1) is 0 Å². The number of rotatable bonds is 2. The number of aliphatic hydroxyl groups is 3. The molecule has 0 saturated carbocycles. The maximum Gasteiger partial charge on any atom is 0.109 e. The van der Waals surface area contributed by atoms with E-state index in [1.165, 1.54) is 0 Å². The summed E-state index contributed by atoms with van der Waals surface area (Å²) in [5.74, 6) is 0.0775. The molecule has 5 nitrogen and oxygen atoms in total. The molecule has 1 fully saturated rings. The quantitative estimate of drug-likeness (QED) is 0.350. The van der Waals surface area contributed by atoms with Gasteiger partial charge in [0.1, 0.15) is 12.2 Å². The van der Waals surface area contributed by atoms with Gasteiger partial charge in [0, 0.05) is 182 Å². The van der Waals surface area contributed by atoms with Crippen LogP contribution in [0.4, 0.5) is 0 Å². The number of nitrogens with one attached hydrogen (secondary N) is 1. The standard InChI is InChI=1S/C9H18NO4.4Ac/c1-4(2)9-6(10)8(13)7(12)5(3-11)14-9;;;;/h4-13H,3H2,1-2H3;;;;/q-1;;;;/t5?,6?,7-,8+,9-;;;;/m0..../s1. The van der Waals surface area contributed by atoms with Gasteiger partial charge in [0.2, 0.25) is 0 Å². The Morgan fingerprint density at radius 1 is 1.06 bits per heavy atom. The van der Waals surface area contributed by atoms with E-state index >= 15 is 0 Å². The van der Waals surface area contributed by atoms with Crippen LogP contribution in [0.15, 0.2) is 0 Å². The zero-order valence-electron chi connectivity index (χ0n) is 10.7. The summed E-state index contributed by atoms with van der Waals surface area (Å²) >= 11 is 0. The van der Waals surface area contributed by atoms with Crippen LogP contribution in [0, 0.1) is 182 Å². The number of ether oxygens (including phenoxy) is 1. The van der Waals surface area contributed by atoms with Crippen molar-refractivity contribution >= 4 is 0 Å². The van der Waals surface area contributed by atoms with Gasteiger partial charge < -0.3 is 25.8 Å². The number of hydrogen-bond donors (Lipinski definition) is 3. The predicted octanol–water partition coefficient (Wildman–Crippen LogP) is -0.455. The van der Waals surface area contributed by atoms with Crippen molar-refractivity contribution < 1.29 is 196 Å². The average molecular weight is 1110 g/mol. The minimum Gasteiger partial charge on any atom is -0.670 e. The Hall–Kier alpha value is 5.57. The molecule has 96 valence electrons. The maximum atomic E-state index is 9.54. The van der Waals surface area contributed by atoms with E-state index in [2.05, 4.69) is 0 Å². The van der Waals surface area contributed by atoms with Crippen LogP contribution in [0.2, 0.25) is 0 Å². The molecular weight excluding hydrogens is 1090 g/mol. The Kier molecular flexibility index (Phi) is 28.0. The van der Waals surface area contributed by atoms with Gasteiger partial charge in [-0.05, 0) is 5.92 Å². The Morgan fingerprint density at radius 2 is 1.50 bits per heavy atom. The summed E-state index contributed by atoms with van der Waals surface area (Å²) in [7, 11) is 0. The van der Waals surface area contributed by atoms with Gasteiger partial charge >= 0.3 is 0 Å². The Labute approximate surface area is 252 Å². The van der Waals surface area contributed by atoms with Gasteiger partial charge in [0.15, 0.2) is 0 Å². The van der Waals surface area contributed by atoms with Crippen LogP contribution in [-0.4, -0.2) is 52.4 Å². The van der Waals surface area contributed by atoms with Gasteiger partial charge in [0.05, 0.1) is 12.7 Å². The minimum atomic E-state index is -1.17. The van der Waals surface area contributed by atoms with E-state index in [-0.39, 0.29) is 189 Å². The molecule has 1 saturated heterocycles. The number of hydrogen-bond acceptors (Lipinski definition) is 4. The summed E-state index contributed by atoms with van der Waals surface area (Å²) in [6.45, 7) is 3.42. The molecule has 2 unspecified atom stereocenters. The molecular formula is C9H18Ac4NO4-. The molecule has 4 radical (unpaired) electrons. The molecule has 0 bridgehead atoms. The van der Waals surface area contributed by atoms with Gasteiger partial charge in [-0.2, -0.15) is 0 Å². The molecule has 1 aliphatic rings. The zero-order valence-corrected chi connectivity index (χ0v) is 29.7. The Morgan fingerprint density at radius 3 is 1.83 bits per heavy atom. The Bertz CT molecular complexity index is 199. The van der Waals surface area contributed by atoms with Crippen LogP contribution in [0.3, 0.4) is 0 Å². The SMILES string of the molecule is CC(C)[C@@H]1OC(CO)[C@H](O)[C@H](O)C1[NH-].[Ac].[Ac].[Ac].[Ac]. The van der Waals surface area contributed by atoms with Crippen molar-refractivity contribution in [1.29, 1.82) is 0 Å². The topological polar surface area (TPSA) is 93.7 Å². The van der Waals surface area contributed by atoms with Gasteiger partial charge in [-0.1, -0.05) is 19.9 Å². The van der Waals surface area contributed by atoms with E-state index in [9.17, 15) is 10.2 Å². The third-order valence-corrected chi connectivity index (χ3v) is 2.62. The van der Waals surface area contributed by atoms with Gasteiger partial charge in [-0.3, -0.25) is 0 Å². The third-order valence-electron chi connectivity index (χ3n) is 2.62. The minimum absolute atomic E-state index is 0. The molecule has 4 N–H and O–H groups in total. The molecule has 5 atom stereocenters. The van der Waals surface area contributed by atoms with Crippen LogP contribution >= 0.6 is 0 Å². The van der Waals surface area contributed by atoms with Crippen LogP contribution in [0.5, 0.6) is 0 Å². The molecule has 0 aromatic carbocycles. The fourth-order valence-corrected chi connectivity index (χ4v) is 1.72. The van der Waals surface area contributed by atoms with Crippen molar-refractivity contribution in [3.63, 3.8) is 0 Å². The summed E-state index contributed by atoms with van der Waals surface area (Å²) in [6, 6.07) is -0.854. The van der Waals surface area contributed by atoms with Crippen molar-refractivity contribution in [2.45, 2.75) is 44.3 Å². The first-order valence-corrected chi connectivity index (χ1v) is 4.82. The van der Waals surface area contributed by atoms with Crippen molar-refractivity contribution in [1.82, 2.24) is 0 Å². The van der Waals surface area contributed by atoms with E-state index in [1.54, 1.807) is 0 Å². The molecule has 0 spiro atoms. The van der Waals surface area contributed by atoms with E-state index < -0.39 is 30.5 Å². The van der Waals surface area contributed by atoms with Crippen LogP contribution < -0.4 is 0 Å². The largest absolute Gasteiger partial charge is 0.670 e.